The molecular formula is C10H20OS. The summed E-state index contributed by atoms with van der Waals surface area (Å²) in [5, 5.41) is 10.1. The molecule has 3 unspecified atom stereocenters. The zero-order valence-corrected chi connectivity index (χ0v) is 9.10. The van der Waals surface area contributed by atoms with Crippen LogP contribution < -0.4 is 0 Å². The van der Waals surface area contributed by atoms with Crippen LogP contribution in [0.3, 0.4) is 0 Å². The van der Waals surface area contributed by atoms with Crippen LogP contribution in [0.25, 0.3) is 0 Å². The third-order valence-corrected chi connectivity index (χ3v) is 3.66. The fourth-order valence-corrected chi connectivity index (χ4v) is 1.83. The topological polar surface area (TPSA) is 20.2 Å². The van der Waals surface area contributed by atoms with Gasteiger partial charge in [0, 0.05) is 5.25 Å². The Balaban J connectivity index is 3.55. The van der Waals surface area contributed by atoms with Gasteiger partial charge in [0.1, 0.15) is 0 Å². The van der Waals surface area contributed by atoms with E-state index in [1.54, 1.807) is 6.08 Å². The first kappa shape index (κ1) is 12.0. The second-order valence-electron chi connectivity index (χ2n) is 3.26. The average Bonchev–Trinajstić information content (AvgIpc) is 2.11. The number of rotatable bonds is 6. The molecule has 0 heterocycles. The molecule has 0 aliphatic rings. The molecule has 0 aromatic carbocycles. The van der Waals surface area contributed by atoms with Gasteiger partial charge in [-0.15, -0.1) is 6.58 Å². The maximum Gasteiger partial charge on any atom is 0.0751 e. The van der Waals surface area contributed by atoms with Crippen LogP contribution in [-0.2, 0) is 0 Å². The molecule has 0 amide bonds. The monoisotopic (exact) mass is 188 g/mol. The van der Waals surface area contributed by atoms with Crippen molar-refractivity contribution in [3.63, 3.8) is 0 Å². The van der Waals surface area contributed by atoms with Gasteiger partial charge >= 0.3 is 0 Å². The highest BCUT2D eigenvalue weighted by Gasteiger charge is 2.11. The molecule has 3 atom stereocenters. The van der Waals surface area contributed by atoms with Gasteiger partial charge in [-0.25, -0.2) is 0 Å². The number of aliphatic hydroxyl groups excluding tert-OH is 1. The Kier molecular flexibility index (Phi) is 6.58. The molecule has 2 heteroatoms. The maximum absolute atomic E-state index is 9.38. The lowest BCUT2D eigenvalue weighted by atomic mass is 10.1. The van der Waals surface area contributed by atoms with Crippen LogP contribution in [-0.4, -0.2) is 22.2 Å². The van der Waals surface area contributed by atoms with Crippen LogP contribution in [0.5, 0.6) is 0 Å². The van der Waals surface area contributed by atoms with Gasteiger partial charge in [0.2, 0.25) is 0 Å². The lowest BCUT2D eigenvalue weighted by Crippen LogP contribution is -2.17. The van der Waals surface area contributed by atoms with Gasteiger partial charge in [-0.1, -0.05) is 26.8 Å². The summed E-state index contributed by atoms with van der Waals surface area (Å²) in [6.45, 7) is 10.0. The van der Waals surface area contributed by atoms with Crippen molar-refractivity contribution in [3.05, 3.63) is 12.7 Å². The van der Waals surface area contributed by atoms with Gasteiger partial charge in [0.15, 0.2) is 0 Å². The largest absolute Gasteiger partial charge is 0.389 e. The van der Waals surface area contributed by atoms with Crippen molar-refractivity contribution in [1.29, 1.82) is 0 Å². The Hall–Kier alpha value is 0.0500. The quantitative estimate of drug-likeness (QED) is 0.647. The van der Waals surface area contributed by atoms with E-state index in [1.807, 2.05) is 11.8 Å². The van der Waals surface area contributed by atoms with Crippen LogP contribution in [0.2, 0.25) is 0 Å². The Bertz CT molecular complexity index is 125. The van der Waals surface area contributed by atoms with Crippen molar-refractivity contribution >= 4 is 11.8 Å². The molecule has 0 aromatic heterocycles. The van der Waals surface area contributed by atoms with E-state index in [0.717, 1.165) is 5.75 Å². The van der Waals surface area contributed by atoms with Crippen molar-refractivity contribution in [2.75, 3.05) is 5.75 Å². The Morgan fingerprint density at radius 1 is 1.50 bits per heavy atom. The minimum atomic E-state index is -0.346. The summed E-state index contributed by atoms with van der Waals surface area (Å²) in [5.74, 6) is 1.34. The highest BCUT2D eigenvalue weighted by atomic mass is 32.2. The van der Waals surface area contributed by atoms with E-state index in [-0.39, 0.29) is 6.10 Å². The molecule has 1 nitrogen and oxygen atoms in total. The van der Waals surface area contributed by atoms with Crippen molar-refractivity contribution < 1.29 is 5.11 Å². The van der Waals surface area contributed by atoms with Crippen molar-refractivity contribution in [2.24, 2.45) is 5.92 Å². The van der Waals surface area contributed by atoms with Crippen molar-refractivity contribution in [1.82, 2.24) is 0 Å². The highest BCUT2D eigenvalue weighted by Crippen LogP contribution is 2.19. The summed E-state index contributed by atoms with van der Waals surface area (Å²) < 4.78 is 0. The first-order valence-corrected chi connectivity index (χ1v) is 5.58. The van der Waals surface area contributed by atoms with E-state index in [4.69, 9.17) is 0 Å². The zero-order chi connectivity index (χ0) is 9.56. The third-order valence-electron chi connectivity index (χ3n) is 2.04. The van der Waals surface area contributed by atoms with Crippen molar-refractivity contribution in [2.45, 2.75) is 38.5 Å². The van der Waals surface area contributed by atoms with Gasteiger partial charge in [0.25, 0.3) is 0 Å². The maximum atomic E-state index is 9.38. The van der Waals surface area contributed by atoms with Gasteiger partial charge in [-0.2, -0.15) is 11.8 Å². The predicted octanol–water partition coefficient (Wildman–Crippen LogP) is 2.70. The van der Waals surface area contributed by atoms with Crippen molar-refractivity contribution in [3.8, 4) is 0 Å². The summed E-state index contributed by atoms with van der Waals surface area (Å²) in [6.07, 6.45) is 2.46. The first-order chi connectivity index (χ1) is 5.61. The molecule has 12 heavy (non-hydrogen) atoms. The predicted molar refractivity (Wildman–Crippen MR) is 57.6 cm³/mol. The van der Waals surface area contributed by atoms with E-state index >= 15 is 0 Å². The standard InChI is InChI=1S/C10H20OS/c1-5-9(4)12-7-8(3)10(11)6-2/h6,8-11H,2,5,7H2,1,3-4H3. The molecule has 1 N–H and O–H groups in total. The molecule has 0 saturated heterocycles. The summed E-state index contributed by atoms with van der Waals surface area (Å²) in [7, 11) is 0. The number of hydrogen-bond donors (Lipinski definition) is 1. The smallest absolute Gasteiger partial charge is 0.0751 e. The fraction of sp³-hybridized carbons (Fsp3) is 0.800. The normalized spacial score (nSPS) is 18.3. The second-order valence-corrected chi connectivity index (χ2v) is 4.73. The average molecular weight is 188 g/mol. The van der Waals surface area contributed by atoms with E-state index in [9.17, 15) is 5.11 Å². The third kappa shape index (κ3) is 4.83. The molecule has 0 aliphatic heterocycles. The minimum Gasteiger partial charge on any atom is -0.389 e. The highest BCUT2D eigenvalue weighted by molar-refractivity contribution is 7.99. The second kappa shape index (κ2) is 6.55. The van der Waals surface area contributed by atoms with Crippen LogP contribution in [0.4, 0.5) is 0 Å². The summed E-state index contributed by atoms with van der Waals surface area (Å²) >= 11 is 1.92. The summed E-state index contributed by atoms with van der Waals surface area (Å²) in [4.78, 5) is 0. The lowest BCUT2D eigenvalue weighted by Gasteiger charge is -2.16. The van der Waals surface area contributed by atoms with E-state index in [0.29, 0.717) is 11.2 Å². The van der Waals surface area contributed by atoms with Gasteiger partial charge in [-0.3, -0.25) is 0 Å². The molecule has 0 aliphatic carbocycles. The SMILES string of the molecule is C=CC(O)C(C)CSC(C)CC. The summed E-state index contributed by atoms with van der Waals surface area (Å²) in [6, 6.07) is 0. The van der Waals surface area contributed by atoms with Gasteiger partial charge < -0.3 is 5.11 Å². The molecular weight excluding hydrogens is 168 g/mol. The zero-order valence-electron chi connectivity index (χ0n) is 8.29. The lowest BCUT2D eigenvalue weighted by molar-refractivity contribution is 0.175. The number of thioether (sulfide) groups is 1. The molecule has 0 bridgehead atoms. The molecule has 0 radical (unpaired) electrons. The Morgan fingerprint density at radius 2 is 2.08 bits per heavy atom. The summed E-state index contributed by atoms with van der Waals surface area (Å²) in [5.41, 5.74) is 0. The Labute approximate surface area is 80.3 Å². The molecule has 0 aromatic rings. The van der Waals surface area contributed by atoms with Crippen LogP contribution in [0.1, 0.15) is 27.2 Å². The molecule has 0 fully saturated rings. The van der Waals surface area contributed by atoms with Gasteiger partial charge in [-0.05, 0) is 18.1 Å². The van der Waals surface area contributed by atoms with Crippen LogP contribution in [0, 0.1) is 5.92 Å². The molecule has 72 valence electrons. The van der Waals surface area contributed by atoms with E-state index in [1.165, 1.54) is 6.42 Å². The van der Waals surface area contributed by atoms with Gasteiger partial charge in [0.05, 0.1) is 6.10 Å². The fourth-order valence-electron chi connectivity index (χ4n) is 0.765. The molecule has 0 spiro atoms. The molecule has 0 rings (SSSR count). The van der Waals surface area contributed by atoms with E-state index < -0.39 is 0 Å². The minimum absolute atomic E-state index is 0.321. The molecule has 0 saturated carbocycles. The van der Waals surface area contributed by atoms with Crippen LogP contribution in [0.15, 0.2) is 12.7 Å². The van der Waals surface area contributed by atoms with Crippen LogP contribution >= 0.6 is 11.8 Å². The first-order valence-electron chi connectivity index (χ1n) is 4.54. The number of hydrogen-bond acceptors (Lipinski definition) is 2. The van der Waals surface area contributed by atoms with E-state index in [2.05, 4.69) is 27.4 Å². The Morgan fingerprint density at radius 3 is 2.50 bits per heavy atom. The number of aliphatic hydroxyl groups is 1.